The highest BCUT2D eigenvalue weighted by Crippen LogP contribution is 2.30. The molecule has 7 heteroatoms. The zero-order chi connectivity index (χ0) is 25.4. The monoisotopic (exact) mass is 490 g/mol. The first kappa shape index (κ1) is 23.2. The maximum atomic E-state index is 13.3. The number of carbonyl (C=O) groups excluding carboxylic acids is 1. The van der Waals surface area contributed by atoms with E-state index in [1.165, 1.54) is 0 Å². The molecule has 0 saturated carbocycles. The summed E-state index contributed by atoms with van der Waals surface area (Å²) in [6.45, 7) is 6.88. The third kappa shape index (κ3) is 4.31. The van der Waals surface area contributed by atoms with Gasteiger partial charge in [0.1, 0.15) is 11.6 Å². The van der Waals surface area contributed by atoms with E-state index in [4.69, 9.17) is 15.1 Å². The molecule has 0 radical (unpaired) electrons. The molecule has 1 aliphatic rings. The average molecular weight is 491 g/mol. The van der Waals surface area contributed by atoms with Gasteiger partial charge in [0.25, 0.3) is 5.91 Å². The van der Waals surface area contributed by atoms with Crippen LogP contribution in [0, 0.1) is 6.92 Å². The number of anilines is 1. The molecule has 37 heavy (non-hydrogen) atoms. The zero-order valence-electron chi connectivity index (χ0n) is 21.3. The minimum Gasteiger partial charge on any atom is -0.352 e. The zero-order valence-corrected chi connectivity index (χ0v) is 21.3. The summed E-state index contributed by atoms with van der Waals surface area (Å²) < 4.78 is 1.93. The first-order valence-electron chi connectivity index (χ1n) is 13.0. The van der Waals surface area contributed by atoms with Crippen molar-refractivity contribution >= 4 is 33.5 Å². The van der Waals surface area contributed by atoms with Crippen LogP contribution in [0.2, 0.25) is 0 Å². The van der Waals surface area contributed by atoms with E-state index in [9.17, 15) is 4.79 Å². The van der Waals surface area contributed by atoms with Crippen LogP contribution in [0.25, 0.3) is 27.5 Å². The third-order valence-corrected chi connectivity index (χ3v) is 7.07. The van der Waals surface area contributed by atoms with Crippen molar-refractivity contribution in [2.45, 2.75) is 26.7 Å². The van der Waals surface area contributed by atoms with Crippen LogP contribution >= 0.6 is 0 Å². The number of carbonyl (C=O) groups is 1. The highest BCUT2D eigenvalue weighted by atomic mass is 16.2. The molecule has 0 N–H and O–H groups in total. The second kappa shape index (κ2) is 9.65. The molecule has 0 spiro atoms. The number of amides is 1. The molecule has 1 fully saturated rings. The number of hydrogen-bond acceptors (Lipinski definition) is 5. The van der Waals surface area contributed by atoms with Crippen LogP contribution in [0.15, 0.2) is 72.8 Å². The normalized spacial score (nSPS) is 14.0. The van der Waals surface area contributed by atoms with Gasteiger partial charge in [-0.2, -0.15) is 5.10 Å². The van der Waals surface area contributed by atoms with Gasteiger partial charge in [-0.1, -0.05) is 55.5 Å². The summed E-state index contributed by atoms with van der Waals surface area (Å²) in [5.41, 5.74) is 3.47. The number of nitrogens with zero attached hydrogens (tertiary/aromatic N) is 6. The highest BCUT2D eigenvalue weighted by Gasteiger charge is 2.27. The fraction of sp³-hybridized carbons (Fsp3) is 0.267. The summed E-state index contributed by atoms with van der Waals surface area (Å²) in [5.74, 6) is 1.83. The average Bonchev–Trinajstić information content (AvgIpc) is 3.29. The van der Waals surface area contributed by atoms with E-state index in [1.54, 1.807) is 0 Å². The SMILES string of the molecule is CCCc1nc(N2CCN(C(=O)c3ccc4ccccc4c3)CC2)c2c(C)nn(-c3ccccc3)c2n1. The van der Waals surface area contributed by atoms with E-state index in [1.807, 2.05) is 77.2 Å². The van der Waals surface area contributed by atoms with Crippen molar-refractivity contribution in [3.63, 3.8) is 0 Å². The Balaban J connectivity index is 1.29. The van der Waals surface area contributed by atoms with Gasteiger partial charge in [0.05, 0.1) is 16.8 Å². The number of aryl methyl sites for hydroxylation is 2. The van der Waals surface area contributed by atoms with E-state index in [-0.39, 0.29) is 5.91 Å². The molecule has 3 aromatic carbocycles. The van der Waals surface area contributed by atoms with Crippen LogP contribution in [0.1, 0.15) is 35.2 Å². The summed E-state index contributed by atoms with van der Waals surface area (Å²) >= 11 is 0. The quantitative estimate of drug-likeness (QED) is 0.339. The Morgan fingerprint density at radius 1 is 0.865 bits per heavy atom. The minimum atomic E-state index is 0.0815. The standard InChI is InChI=1S/C30H30N6O/c1-3-9-26-31-28(27-21(2)33-36(29(27)32-26)25-12-5-4-6-13-25)34-16-18-35(19-17-34)30(37)24-15-14-22-10-7-8-11-23(22)20-24/h4-8,10-15,20H,3,9,16-19H2,1-2H3. The first-order valence-corrected chi connectivity index (χ1v) is 13.0. The van der Waals surface area contributed by atoms with Crippen molar-refractivity contribution in [2.24, 2.45) is 0 Å². The summed E-state index contributed by atoms with van der Waals surface area (Å²) in [4.78, 5) is 27.5. The summed E-state index contributed by atoms with van der Waals surface area (Å²) in [7, 11) is 0. The lowest BCUT2D eigenvalue weighted by molar-refractivity contribution is 0.0746. The van der Waals surface area contributed by atoms with E-state index >= 15 is 0 Å². The smallest absolute Gasteiger partial charge is 0.253 e. The van der Waals surface area contributed by atoms with Crippen LogP contribution in [0.5, 0.6) is 0 Å². The molecule has 6 rings (SSSR count). The molecule has 5 aromatic rings. The number of para-hydroxylation sites is 1. The van der Waals surface area contributed by atoms with Gasteiger partial charge in [0.15, 0.2) is 5.65 Å². The number of fused-ring (bicyclic) bond motifs is 2. The van der Waals surface area contributed by atoms with Crippen LogP contribution in [0.4, 0.5) is 5.82 Å². The lowest BCUT2D eigenvalue weighted by Gasteiger charge is -2.36. The van der Waals surface area contributed by atoms with Crippen LogP contribution in [-0.2, 0) is 6.42 Å². The third-order valence-electron chi connectivity index (χ3n) is 7.07. The van der Waals surface area contributed by atoms with Gasteiger partial charge in [-0.15, -0.1) is 0 Å². The number of piperazine rings is 1. The van der Waals surface area contributed by atoms with Crippen LogP contribution < -0.4 is 4.90 Å². The van der Waals surface area contributed by atoms with Gasteiger partial charge in [0, 0.05) is 38.2 Å². The van der Waals surface area contributed by atoms with Gasteiger partial charge in [-0.25, -0.2) is 14.6 Å². The lowest BCUT2D eigenvalue weighted by atomic mass is 10.1. The largest absolute Gasteiger partial charge is 0.352 e. The van der Waals surface area contributed by atoms with Crippen molar-refractivity contribution in [1.82, 2.24) is 24.6 Å². The van der Waals surface area contributed by atoms with Crippen molar-refractivity contribution < 1.29 is 4.79 Å². The summed E-state index contributed by atoms with van der Waals surface area (Å²) in [6, 6.07) is 24.2. The van der Waals surface area contributed by atoms with Crippen LogP contribution in [0.3, 0.4) is 0 Å². The summed E-state index contributed by atoms with van der Waals surface area (Å²) in [6.07, 6.45) is 1.78. The Bertz CT molecular complexity index is 1580. The van der Waals surface area contributed by atoms with Crippen LogP contribution in [-0.4, -0.2) is 56.7 Å². The molecular weight excluding hydrogens is 460 g/mol. The van der Waals surface area contributed by atoms with Gasteiger partial charge < -0.3 is 9.80 Å². The number of hydrogen-bond donors (Lipinski definition) is 0. The topological polar surface area (TPSA) is 67.2 Å². The second-order valence-corrected chi connectivity index (χ2v) is 9.59. The molecule has 1 aliphatic heterocycles. The Hall–Kier alpha value is -4.26. The van der Waals surface area contributed by atoms with Crippen molar-refractivity contribution in [2.75, 3.05) is 31.1 Å². The maximum Gasteiger partial charge on any atom is 0.253 e. The second-order valence-electron chi connectivity index (χ2n) is 9.59. The molecule has 1 saturated heterocycles. The predicted octanol–water partition coefficient (Wildman–Crippen LogP) is 5.19. The molecule has 186 valence electrons. The van der Waals surface area contributed by atoms with Crippen molar-refractivity contribution in [3.05, 3.63) is 89.9 Å². The predicted molar refractivity (Wildman–Crippen MR) is 147 cm³/mol. The minimum absolute atomic E-state index is 0.0815. The van der Waals surface area contributed by atoms with Crippen molar-refractivity contribution in [3.8, 4) is 5.69 Å². The Kier molecular flexibility index (Phi) is 6.04. The van der Waals surface area contributed by atoms with Gasteiger partial charge in [-0.05, 0) is 48.4 Å². The van der Waals surface area contributed by atoms with Gasteiger partial charge in [0.2, 0.25) is 0 Å². The molecule has 0 unspecified atom stereocenters. The fourth-order valence-corrected chi connectivity index (χ4v) is 5.15. The van der Waals surface area contributed by atoms with Gasteiger partial charge in [-0.3, -0.25) is 4.79 Å². The lowest BCUT2D eigenvalue weighted by Crippen LogP contribution is -2.49. The number of rotatable bonds is 5. The molecule has 0 atom stereocenters. The van der Waals surface area contributed by atoms with Gasteiger partial charge >= 0.3 is 0 Å². The molecular formula is C30H30N6O. The van der Waals surface area contributed by atoms with E-state index in [0.717, 1.165) is 63.2 Å². The van der Waals surface area contributed by atoms with E-state index in [2.05, 4.69) is 24.0 Å². The van der Waals surface area contributed by atoms with E-state index in [0.29, 0.717) is 26.2 Å². The Morgan fingerprint density at radius 2 is 1.59 bits per heavy atom. The molecule has 1 amide bonds. The fourth-order valence-electron chi connectivity index (χ4n) is 5.15. The van der Waals surface area contributed by atoms with E-state index < -0.39 is 0 Å². The Morgan fingerprint density at radius 3 is 2.35 bits per heavy atom. The first-order chi connectivity index (χ1) is 18.1. The molecule has 2 aromatic heterocycles. The molecule has 7 nitrogen and oxygen atoms in total. The van der Waals surface area contributed by atoms with Crippen molar-refractivity contribution in [1.29, 1.82) is 0 Å². The molecule has 3 heterocycles. The maximum absolute atomic E-state index is 13.3. The summed E-state index contributed by atoms with van der Waals surface area (Å²) in [5, 5.41) is 8.06. The molecule has 0 aliphatic carbocycles. The Labute approximate surface area is 216 Å². The highest BCUT2D eigenvalue weighted by molar-refractivity contribution is 5.99. The number of aromatic nitrogens is 4. The number of benzene rings is 3. The molecule has 0 bridgehead atoms.